The fourth-order valence-electron chi connectivity index (χ4n) is 6.01. The summed E-state index contributed by atoms with van der Waals surface area (Å²) in [5.41, 5.74) is 3.06. The highest BCUT2D eigenvalue weighted by atomic mass is 79.9. The Kier molecular flexibility index (Phi) is 13.9. The first-order chi connectivity index (χ1) is 20.5. The van der Waals surface area contributed by atoms with Crippen molar-refractivity contribution in [2.45, 2.75) is 117 Å². The zero-order valence-electron chi connectivity index (χ0n) is 25.3. The number of amides is 2. The van der Waals surface area contributed by atoms with E-state index in [2.05, 4.69) is 45.7 Å². The number of hydrogen-bond acceptors (Lipinski definition) is 4. The summed E-state index contributed by atoms with van der Waals surface area (Å²) >= 11 is 10.4. The topological polar surface area (TPSA) is 40.6 Å². The average Bonchev–Trinajstić information content (AvgIpc) is 3.72. The fraction of sp³-hybridized carbons (Fsp3) is 0.588. The third-order valence-electron chi connectivity index (χ3n) is 8.27. The van der Waals surface area contributed by atoms with Gasteiger partial charge in [0, 0.05) is 22.8 Å². The second kappa shape index (κ2) is 17.3. The van der Waals surface area contributed by atoms with E-state index in [1.165, 1.54) is 77.0 Å². The van der Waals surface area contributed by atoms with Gasteiger partial charge in [-0.2, -0.15) is 0 Å². The van der Waals surface area contributed by atoms with Crippen LogP contribution >= 0.6 is 54.5 Å². The maximum Gasteiger partial charge on any atom is 0.262 e. The predicted molar refractivity (Wildman–Crippen MR) is 187 cm³/mol. The van der Waals surface area contributed by atoms with Crippen LogP contribution in [0.1, 0.15) is 126 Å². The average molecular weight is 739 g/mol. The van der Waals surface area contributed by atoms with E-state index in [0.29, 0.717) is 24.2 Å². The summed E-state index contributed by atoms with van der Waals surface area (Å²) in [6.07, 6.45) is 19.4. The number of fused-ring (bicyclic) bond motifs is 1. The zero-order chi connectivity index (χ0) is 29.9. The van der Waals surface area contributed by atoms with E-state index in [1.807, 2.05) is 34.1 Å². The summed E-state index contributed by atoms with van der Waals surface area (Å²) < 4.78 is 1.98. The Hall–Kier alpha value is -1.22. The lowest BCUT2D eigenvalue weighted by molar-refractivity contribution is -0.122. The van der Waals surface area contributed by atoms with Crippen molar-refractivity contribution >= 4 is 77.5 Å². The lowest BCUT2D eigenvalue weighted by Crippen LogP contribution is -2.28. The van der Waals surface area contributed by atoms with E-state index in [0.717, 1.165) is 54.4 Å². The lowest BCUT2D eigenvalue weighted by Gasteiger charge is -2.20. The second-order valence-corrected chi connectivity index (χ2v) is 16.4. The predicted octanol–water partition coefficient (Wildman–Crippen LogP) is 11.4. The molecule has 0 spiro atoms. The molecule has 0 N–H and O–H groups in total. The third kappa shape index (κ3) is 8.48. The SMILES string of the molecule is CCCCCCCCCCN1C(=O)C(c2ccc(Br)s2)=C2C1=C(c1ccc(Br)s1)C(=O)N2CCCCCCCCCC. The highest BCUT2D eigenvalue weighted by molar-refractivity contribution is 9.11. The molecule has 8 heteroatoms. The van der Waals surface area contributed by atoms with Crippen molar-refractivity contribution in [3.8, 4) is 0 Å². The van der Waals surface area contributed by atoms with Gasteiger partial charge in [-0.3, -0.25) is 9.59 Å². The van der Waals surface area contributed by atoms with Gasteiger partial charge in [-0.15, -0.1) is 22.7 Å². The van der Waals surface area contributed by atoms with Gasteiger partial charge in [0.15, 0.2) is 0 Å². The van der Waals surface area contributed by atoms with Gasteiger partial charge in [-0.25, -0.2) is 0 Å². The van der Waals surface area contributed by atoms with Crippen LogP contribution in [0.5, 0.6) is 0 Å². The minimum absolute atomic E-state index is 0.0406. The Bertz CT molecular complexity index is 1170. The largest absolute Gasteiger partial charge is 0.305 e. The van der Waals surface area contributed by atoms with Crippen LogP contribution in [0.15, 0.2) is 43.2 Å². The van der Waals surface area contributed by atoms with Crippen molar-refractivity contribution in [3.05, 3.63) is 53.0 Å². The Morgan fingerprint density at radius 3 is 1.17 bits per heavy atom. The molecule has 2 aliphatic rings. The van der Waals surface area contributed by atoms with Crippen molar-refractivity contribution in [1.82, 2.24) is 9.80 Å². The van der Waals surface area contributed by atoms with Crippen LogP contribution in [0.4, 0.5) is 0 Å². The van der Waals surface area contributed by atoms with Crippen LogP contribution in [0.3, 0.4) is 0 Å². The van der Waals surface area contributed by atoms with Gasteiger partial charge >= 0.3 is 0 Å². The first-order valence-corrected chi connectivity index (χ1v) is 19.3. The van der Waals surface area contributed by atoms with E-state index in [4.69, 9.17) is 0 Å². The van der Waals surface area contributed by atoms with Crippen molar-refractivity contribution in [3.63, 3.8) is 0 Å². The normalized spacial score (nSPS) is 15.2. The molecule has 2 aromatic heterocycles. The maximum absolute atomic E-state index is 14.2. The van der Waals surface area contributed by atoms with Gasteiger partial charge in [-0.1, -0.05) is 104 Å². The lowest BCUT2D eigenvalue weighted by atomic mass is 10.1. The number of unbranched alkanes of at least 4 members (excludes halogenated alkanes) is 14. The molecule has 0 aromatic carbocycles. The van der Waals surface area contributed by atoms with Crippen molar-refractivity contribution in [2.24, 2.45) is 0 Å². The number of rotatable bonds is 20. The van der Waals surface area contributed by atoms with Crippen LogP contribution in [0.2, 0.25) is 0 Å². The molecule has 42 heavy (non-hydrogen) atoms. The quantitative estimate of drug-likeness (QED) is 0.127. The van der Waals surface area contributed by atoms with Crippen molar-refractivity contribution < 1.29 is 9.59 Å². The molecule has 2 amide bonds. The highest BCUT2D eigenvalue weighted by Crippen LogP contribution is 2.49. The minimum Gasteiger partial charge on any atom is -0.305 e. The van der Waals surface area contributed by atoms with Gasteiger partial charge < -0.3 is 9.80 Å². The molecule has 230 valence electrons. The fourth-order valence-corrected chi connectivity index (χ4v) is 8.86. The van der Waals surface area contributed by atoms with Gasteiger partial charge in [-0.05, 0) is 69.0 Å². The van der Waals surface area contributed by atoms with Crippen LogP contribution in [0.25, 0.3) is 11.1 Å². The maximum atomic E-state index is 14.2. The molecule has 0 radical (unpaired) electrons. The minimum atomic E-state index is 0.0406. The van der Waals surface area contributed by atoms with Gasteiger partial charge in [0.2, 0.25) is 0 Å². The summed E-state index contributed by atoms with van der Waals surface area (Å²) in [5, 5.41) is 0. The standard InChI is InChI=1S/C34H46Br2N2O2S2/c1-3-5-7-9-11-13-15-17-23-37-31-29(25-19-21-27(35)41-25)34(40)38(24-18-16-14-12-10-8-6-4-2)32(31)30(33(37)39)26-20-22-28(36)42-26/h19-22H,3-18,23-24H2,1-2H3. The van der Waals surface area contributed by atoms with E-state index < -0.39 is 0 Å². The molecule has 4 rings (SSSR count). The second-order valence-electron chi connectivity index (χ2n) is 11.5. The highest BCUT2D eigenvalue weighted by Gasteiger charge is 2.48. The Morgan fingerprint density at radius 1 is 0.524 bits per heavy atom. The number of nitrogens with zero attached hydrogens (tertiary/aromatic N) is 2. The van der Waals surface area contributed by atoms with E-state index in [1.54, 1.807) is 22.7 Å². The van der Waals surface area contributed by atoms with Crippen LogP contribution in [-0.2, 0) is 9.59 Å². The molecule has 0 fully saturated rings. The third-order valence-corrected chi connectivity index (χ3v) is 11.5. The number of halogens is 2. The summed E-state index contributed by atoms with van der Waals surface area (Å²) in [7, 11) is 0. The molecule has 0 saturated heterocycles. The van der Waals surface area contributed by atoms with E-state index in [-0.39, 0.29) is 11.8 Å². The van der Waals surface area contributed by atoms with E-state index in [9.17, 15) is 9.59 Å². The monoisotopic (exact) mass is 736 g/mol. The molecule has 0 aliphatic carbocycles. The van der Waals surface area contributed by atoms with Crippen molar-refractivity contribution in [2.75, 3.05) is 13.1 Å². The Balaban J connectivity index is 1.56. The first-order valence-electron chi connectivity index (χ1n) is 16.1. The summed E-state index contributed by atoms with van der Waals surface area (Å²) in [5.74, 6) is 0.0812. The molecule has 0 unspecified atom stereocenters. The number of carbonyl (C=O) groups excluding carboxylic acids is 2. The molecular formula is C34H46Br2N2O2S2. The number of thiophene rings is 2. The molecule has 2 aliphatic heterocycles. The van der Waals surface area contributed by atoms with Gasteiger partial charge in [0.05, 0.1) is 30.1 Å². The van der Waals surface area contributed by atoms with E-state index >= 15 is 0 Å². The Morgan fingerprint density at radius 2 is 0.857 bits per heavy atom. The van der Waals surface area contributed by atoms with Crippen molar-refractivity contribution in [1.29, 1.82) is 0 Å². The molecule has 4 nitrogen and oxygen atoms in total. The smallest absolute Gasteiger partial charge is 0.262 e. The van der Waals surface area contributed by atoms with Gasteiger partial charge in [0.25, 0.3) is 11.8 Å². The van der Waals surface area contributed by atoms with Crippen LogP contribution in [0, 0.1) is 0 Å². The molecule has 0 saturated carbocycles. The number of carbonyl (C=O) groups is 2. The molecular weight excluding hydrogens is 692 g/mol. The van der Waals surface area contributed by atoms with Gasteiger partial charge in [0.1, 0.15) is 0 Å². The molecule has 2 aromatic rings. The number of hydrogen-bond donors (Lipinski definition) is 0. The summed E-state index contributed by atoms with van der Waals surface area (Å²) in [6, 6.07) is 8.04. The molecule has 0 atom stereocenters. The summed E-state index contributed by atoms with van der Waals surface area (Å²) in [4.78, 5) is 34.1. The Labute approximate surface area is 277 Å². The molecule has 0 bridgehead atoms. The zero-order valence-corrected chi connectivity index (χ0v) is 30.1. The summed E-state index contributed by atoms with van der Waals surface area (Å²) in [6.45, 7) is 5.80. The van der Waals surface area contributed by atoms with Crippen LogP contribution < -0.4 is 0 Å². The first kappa shape index (κ1) is 33.7. The molecule has 4 heterocycles. The van der Waals surface area contributed by atoms with Crippen LogP contribution in [-0.4, -0.2) is 34.7 Å².